The molecule has 8 nitrogen and oxygen atoms in total. The lowest BCUT2D eigenvalue weighted by atomic mass is 10.1. The first-order valence-corrected chi connectivity index (χ1v) is 16.9. The van der Waals surface area contributed by atoms with E-state index < -0.39 is 13.9 Å². The molecule has 0 radical (unpaired) electrons. The minimum atomic E-state index is -4.24. The maximum atomic E-state index is 12.2. The summed E-state index contributed by atoms with van der Waals surface area (Å²) in [6.45, 7) is 5.40. The van der Waals surface area contributed by atoms with Gasteiger partial charge in [0.2, 0.25) is 0 Å². The zero-order chi connectivity index (χ0) is 29.2. The lowest BCUT2D eigenvalue weighted by Crippen LogP contribution is -2.37. The SMILES string of the molecule is CCCCCC/C=C\CCCCCCCCOCC(COP(=O)(O)OCC[N+](C)(C)C)OC(=O)CCCCC. The monoisotopic (exact) mass is 578 g/mol. The Kier molecular flexibility index (Phi) is 24.5. The second-order valence-corrected chi connectivity index (χ2v) is 12.9. The van der Waals surface area contributed by atoms with Crippen molar-refractivity contribution in [1.82, 2.24) is 0 Å². The Hall–Kier alpha value is -0.760. The van der Waals surface area contributed by atoms with E-state index in [0.29, 0.717) is 24.1 Å². The highest BCUT2D eigenvalue weighted by Gasteiger charge is 2.26. The summed E-state index contributed by atoms with van der Waals surface area (Å²) in [5.41, 5.74) is 0. The van der Waals surface area contributed by atoms with E-state index >= 15 is 0 Å². The molecule has 0 saturated heterocycles. The molecule has 0 aromatic carbocycles. The Bertz CT molecular complexity index is 652. The van der Waals surface area contributed by atoms with Crippen LogP contribution in [-0.2, 0) is 27.9 Å². The summed E-state index contributed by atoms with van der Waals surface area (Å²) < 4.78 is 34.3. The van der Waals surface area contributed by atoms with Gasteiger partial charge in [-0.05, 0) is 38.5 Å². The molecule has 0 saturated carbocycles. The molecule has 1 N–H and O–H groups in total. The maximum Gasteiger partial charge on any atom is 0.472 e. The van der Waals surface area contributed by atoms with Gasteiger partial charge in [0.15, 0.2) is 0 Å². The summed E-state index contributed by atoms with van der Waals surface area (Å²) in [4.78, 5) is 22.2. The molecule has 0 heterocycles. The first kappa shape index (κ1) is 38.2. The van der Waals surface area contributed by atoms with Crippen LogP contribution in [0, 0.1) is 0 Å². The molecule has 0 amide bonds. The molecule has 2 atom stereocenters. The van der Waals surface area contributed by atoms with Gasteiger partial charge >= 0.3 is 13.8 Å². The number of allylic oxidation sites excluding steroid dienone is 2. The lowest BCUT2D eigenvalue weighted by Gasteiger charge is -2.24. The van der Waals surface area contributed by atoms with Crippen LogP contribution < -0.4 is 0 Å². The molecule has 0 bridgehead atoms. The lowest BCUT2D eigenvalue weighted by molar-refractivity contribution is -0.870. The number of esters is 1. The highest BCUT2D eigenvalue weighted by atomic mass is 31.2. The van der Waals surface area contributed by atoms with E-state index in [9.17, 15) is 14.3 Å². The summed E-state index contributed by atoms with van der Waals surface area (Å²) in [5, 5.41) is 0. The molecule has 0 spiro atoms. The average molecular weight is 579 g/mol. The standard InChI is InChI=1S/C30H60NO7P/c1-6-8-10-11-12-13-14-15-16-17-18-19-20-22-25-35-27-29(38-30(32)23-21-9-7-2)28-37-39(33,34)36-26-24-31(3,4)5/h13-14,29H,6-12,15-28H2,1-5H3/p+1/b14-13-. The highest BCUT2D eigenvalue weighted by molar-refractivity contribution is 7.47. The Balaban J connectivity index is 4.15. The Morgan fingerprint density at radius 3 is 1.95 bits per heavy atom. The Morgan fingerprint density at radius 2 is 1.33 bits per heavy atom. The van der Waals surface area contributed by atoms with Crippen LogP contribution in [0.15, 0.2) is 12.2 Å². The molecule has 232 valence electrons. The number of rotatable bonds is 28. The smallest absolute Gasteiger partial charge is 0.457 e. The number of hydrogen-bond donors (Lipinski definition) is 1. The van der Waals surface area contributed by atoms with Crippen LogP contribution in [0.3, 0.4) is 0 Å². The van der Waals surface area contributed by atoms with Crippen LogP contribution in [0.25, 0.3) is 0 Å². The van der Waals surface area contributed by atoms with Crippen LogP contribution in [0.2, 0.25) is 0 Å². The summed E-state index contributed by atoms with van der Waals surface area (Å²) in [6.07, 6.45) is 21.6. The third-order valence-corrected chi connectivity index (χ3v) is 7.31. The number of phosphoric ester groups is 1. The van der Waals surface area contributed by atoms with Crippen molar-refractivity contribution in [1.29, 1.82) is 0 Å². The van der Waals surface area contributed by atoms with Gasteiger partial charge in [-0.2, -0.15) is 0 Å². The normalized spacial score (nSPS) is 14.5. The molecule has 0 aliphatic heterocycles. The molecule has 0 rings (SSSR count). The predicted molar refractivity (Wildman–Crippen MR) is 160 cm³/mol. The van der Waals surface area contributed by atoms with E-state index in [1.54, 1.807) is 0 Å². The molecular weight excluding hydrogens is 517 g/mol. The molecule has 0 aliphatic rings. The number of ether oxygens (including phenoxy) is 2. The summed E-state index contributed by atoms with van der Waals surface area (Å²) >= 11 is 0. The van der Waals surface area contributed by atoms with Crippen LogP contribution in [-0.4, -0.2) is 75.6 Å². The highest BCUT2D eigenvalue weighted by Crippen LogP contribution is 2.43. The quantitative estimate of drug-likeness (QED) is 0.0336. The van der Waals surface area contributed by atoms with E-state index in [1.165, 1.54) is 64.2 Å². The number of carbonyl (C=O) groups is 1. The third-order valence-electron chi connectivity index (χ3n) is 6.33. The van der Waals surface area contributed by atoms with Gasteiger partial charge in [0.05, 0.1) is 34.4 Å². The summed E-state index contributed by atoms with van der Waals surface area (Å²) in [6, 6.07) is 0. The number of carbonyl (C=O) groups excluding carboxylic acids is 1. The molecule has 0 fully saturated rings. The van der Waals surface area contributed by atoms with Gasteiger partial charge < -0.3 is 18.9 Å². The van der Waals surface area contributed by atoms with Crippen LogP contribution in [0.5, 0.6) is 0 Å². The van der Waals surface area contributed by atoms with Crippen LogP contribution >= 0.6 is 7.82 Å². The molecule has 39 heavy (non-hydrogen) atoms. The molecule has 0 aliphatic carbocycles. The van der Waals surface area contributed by atoms with Gasteiger partial charge in [0.1, 0.15) is 19.3 Å². The second kappa shape index (κ2) is 25.0. The van der Waals surface area contributed by atoms with E-state index in [0.717, 1.165) is 32.1 Å². The molecule has 2 unspecified atom stereocenters. The number of unbranched alkanes of at least 4 members (excludes halogenated alkanes) is 12. The largest absolute Gasteiger partial charge is 0.472 e. The topological polar surface area (TPSA) is 91.3 Å². The van der Waals surface area contributed by atoms with Gasteiger partial charge in [-0.25, -0.2) is 4.57 Å². The van der Waals surface area contributed by atoms with Crippen molar-refractivity contribution in [3.8, 4) is 0 Å². The van der Waals surface area contributed by atoms with Crippen LogP contribution in [0.1, 0.15) is 117 Å². The Labute approximate surface area is 240 Å². The minimum absolute atomic E-state index is 0.0884. The number of likely N-dealkylation sites (N-methyl/N-ethyl adjacent to an activating group) is 1. The van der Waals surface area contributed by atoms with Crippen molar-refractivity contribution in [3.63, 3.8) is 0 Å². The molecule has 0 aromatic heterocycles. The van der Waals surface area contributed by atoms with Gasteiger partial charge in [-0.3, -0.25) is 13.8 Å². The minimum Gasteiger partial charge on any atom is -0.457 e. The number of hydrogen-bond acceptors (Lipinski definition) is 6. The second-order valence-electron chi connectivity index (χ2n) is 11.5. The van der Waals surface area contributed by atoms with Crippen molar-refractivity contribution in [3.05, 3.63) is 12.2 Å². The fourth-order valence-electron chi connectivity index (χ4n) is 3.84. The molecular formula is C30H61NO7P+. The van der Waals surface area contributed by atoms with Crippen molar-refractivity contribution < 1.29 is 37.3 Å². The fraction of sp³-hybridized carbons (Fsp3) is 0.900. The average Bonchev–Trinajstić information content (AvgIpc) is 2.86. The van der Waals surface area contributed by atoms with Crippen molar-refractivity contribution >= 4 is 13.8 Å². The van der Waals surface area contributed by atoms with Crippen molar-refractivity contribution in [2.75, 3.05) is 54.1 Å². The Morgan fingerprint density at radius 1 is 0.769 bits per heavy atom. The maximum absolute atomic E-state index is 12.2. The molecule has 9 heteroatoms. The van der Waals surface area contributed by atoms with Gasteiger partial charge in [0.25, 0.3) is 0 Å². The van der Waals surface area contributed by atoms with E-state index in [4.69, 9.17) is 18.5 Å². The van der Waals surface area contributed by atoms with E-state index in [-0.39, 0.29) is 25.8 Å². The zero-order valence-electron chi connectivity index (χ0n) is 25.9. The van der Waals surface area contributed by atoms with Crippen molar-refractivity contribution in [2.24, 2.45) is 0 Å². The first-order valence-electron chi connectivity index (χ1n) is 15.4. The van der Waals surface area contributed by atoms with E-state index in [1.807, 2.05) is 21.1 Å². The number of phosphoric acid groups is 1. The summed E-state index contributed by atoms with van der Waals surface area (Å²) in [7, 11) is 1.66. The van der Waals surface area contributed by atoms with Gasteiger partial charge in [-0.1, -0.05) is 83.8 Å². The summed E-state index contributed by atoms with van der Waals surface area (Å²) in [5.74, 6) is -0.342. The zero-order valence-corrected chi connectivity index (χ0v) is 26.8. The number of nitrogens with zero attached hydrogens (tertiary/aromatic N) is 1. The van der Waals surface area contributed by atoms with E-state index in [2.05, 4.69) is 26.0 Å². The predicted octanol–water partition coefficient (Wildman–Crippen LogP) is 7.59. The van der Waals surface area contributed by atoms with Gasteiger partial charge in [0, 0.05) is 13.0 Å². The van der Waals surface area contributed by atoms with Gasteiger partial charge in [-0.15, -0.1) is 0 Å². The fourth-order valence-corrected chi connectivity index (χ4v) is 4.58. The third kappa shape index (κ3) is 28.6. The van der Waals surface area contributed by atoms with Crippen LogP contribution in [0.4, 0.5) is 0 Å². The number of quaternary nitrogens is 1. The van der Waals surface area contributed by atoms with Crippen molar-refractivity contribution in [2.45, 2.75) is 123 Å². The first-order chi connectivity index (χ1) is 18.6. The molecule has 0 aromatic rings.